The van der Waals surface area contributed by atoms with Gasteiger partial charge in [0.05, 0.1) is 76.2 Å². The van der Waals surface area contributed by atoms with E-state index < -0.39 is 267 Å². The van der Waals surface area contributed by atoms with Crippen molar-refractivity contribution < 1.29 is 256 Å². The van der Waals surface area contributed by atoms with E-state index >= 15 is 0 Å². The van der Waals surface area contributed by atoms with Crippen molar-refractivity contribution in [2.75, 3.05) is 39.6 Å². The standard InChI is InChI=1S/C76H137N3O34.2Ac/c1-5-7-9-11-13-15-17-19-21-23-25-27-29-31-42(85)41(79-48(86)32-30-28-26-24-22-20-18-16-14-12-10-8-6-2)38-100-72-62(98)67(54(90)44(34-81)103-72)111-70-49(77)56(92)64(46(36-83)106-70)108-75-63(99)68(55(91)45(35-82)104-75)112-71-50(78)66(110-73-60(96)57(93)51(87)39(3)101-73)65(47(37-84)107-71)109-76-69(59(95)53(89)43(33-80)105-76)113-74-61(97)58(94)52(88)40(4)102-74;;/h29,31,39-47,49-78,80-85,87-99H,5-28,30,32-38H2,1-4H3,(H,79,86);;/q-2;;/b31-29+;;/t39?,40?,41?,42?,43?,44?,45?,46?,47?,49?,50?,51-,52-,53+,54+,55+,56?,57?,58?,59?,60?,61?,62?,63?,64+,65-,66?,67?,68?,69?,70+,71+,72-,73+,74+,75+,76+;;/m1../s1. The molecule has 7 heterocycles. The van der Waals surface area contributed by atoms with Gasteiger partial charge in [0.15, 0.2) is 31.5 Å². The third-order valence-corrected chi connectivity index (χ3v) is 22.5. The van der Waals surface area contributed by atoms with Gasteiger partial charge in [0.2, 0.25) is 5.91 Å². The van der Waals surface area contributed by atoms with Gasteiger partial charge in [-0.3, -0.25) is 4.79 Å². The number of ether oxygens (including phenoxy) is 14. The number of rotatable bonds is 49. The molecule has 668 valence electrons. The summed E-state index contributed by atoms with van der Waals surface area (Å²) in [6, 6.07) is -5.19. The normalized spacial score (nSPS) is 40.5. The summed E-state index contributed by atoms with van der Waals surface area (Å²) in [7, 11) is 0. The molecule has 7 rings (SSSR count). The minimum Gasteiger partial charge on any atom is -0.668 e. The number of nitrogens with one attached hydrogen (secondary N) is 3. The minimum atomic E-state index is -2.28. The van der Waals surface area contributed by atoms with Crippen molar-refractivity contribution in [1.82, 2.24) is 5.32 Å². The maximum Gasteiger partial charge on any atom is 0.220 e. The number of allylic oxidation sites excluding steroid dienone is 1. The molecule has 0 bridgehead atoms. The summed E-state index contributed by atoms with van der Waals surface area (Å²) in [5.74, 6) is -0.352. The van der Waals surface area contributed by atoms with Crippen LogP contribution in [0.3, 0.4) is 0 Å². The van der Waals surface area contributed by atoms with Crippen molar-refractivity contribution >= 4 is 5.91 Å². The maximum atomic E-state index is 13.6. The largest absolute Gasteiger partial charge is 0.668 e. The Morgan fingerprint density at radius 2 is 0.713 bits per heavy atom. The predicted molar refractivity (Wildman–Crippen MR) is 395 cm³/mol. The van der Waals surface area contributed by atoms with Crippen LogP contribution >= 0.6 is 0 Å². The summed E-state index contributed by atoms with van der Waals surface area (Å²) < 4.78 is 83.3. The van der Waals surface area contributed by atoms with Gasteiger partial charge in [-0.15, -0.1) is 0 Å². The second kappa shape index (κ2) is 55.3. The van der Waals surface area contributed by atoms with E-state index in [1.165, 1.54) is 110 Å². The van der Waals surface area contributed by atoms with Crippen LogP contribution < -0.4 is 5.32 Å². The van der Waals surface area contributed by atoms with E-state index in [1.807, 2.05) is 6.08 Å². The van der Waals surface area contributed by atoms with Crippen molar-refractivity contribution in [1.29, 1.82) is 0 Å². The van der Waals surface area contributed by atoms with Crippen LogP contribution in [0.25, 0.3) is 11.5 Å². The van der Waals surface area contributed by atoms with Crippen LogP contribution in [0.1, 0.15) is 195 Å². The molecule has 0 aromatic carbocycles. The molecular weight excluding hydrogens is 1950 g/mol. The van der Waals surface area contributed by atoms with Gasteiger partial charge in [-0.25, -0.2) is 0 Å². The first kappa shape index (κ1) is 106. The molecule has 7 aliphatic rings. The number of hydrogen-bond donors (Lipinski definition) is 20. The summed E-state index contributed by atoms with van der Waals surface area (Å²) >= 11 is 0. The molecule has 115 heavy (non-hydrogen) atoms. The summed E-state index contributed by atoms with van der Waals surface area (Å²) in [5.41, 5.74) is 18.8. The Balaban J connectivity index is 0.0000118. The summed E-state index contributed by atoms with van der Waals surface area (Å²) in [6.45, 7) is 1.48. The second-order valence-electron chi connectivity index (χ2n) is 31.3. The molecule has 23 unspecified atom stereocenters. The fraction of sp³-hybridized carbons (Fsp3) is 0.961. The van der Waals surface area contributed by atoms with Gasteiger partial charge in [-0.2, -0.15) is 0 Å². The quantitative estimate of drug-likeness (QED) is 0.0244. The molecule has 0 aromatic rings. The third-order valence-electron chi connectivity index (χ3n) is 22.5. The van der Waals surface area contributed by atoms with Crippen LogP contribution in [0.5, 0.6) is 0 Å². The van der Waals surface area contributed by atoms with Crippen molar-refractivity contribution in [2.45, 2.75) is 422 Å². The van der Waals surface area contributed by atoms with Gasteiger partial charge in [0, 0.05) is 94.5 Å². The Kier molecular flexibility index (Phi) is 51.1. The summed E-state index contributed by atoms with van der Waals surface area (Å²) in [6.07, 6.45) is -32.0. The number of carbonyl (C=O) groups excluding carboxylic acids is 1. The summed E-state index contributed by atoms with van der Waals surface area (Å²) in [4.78, 5) is 13.6. The monoisotopic (exact) mass is 2090 g/mol. The first-order valence-electron chi connectivity index (χ1n) is 41.3. The molecule has 0 saturated carbocycles. The van der Waals surface area contributed by atoms with E-state index in [2.05, 4.69) is 19.2 Å². The average molecular weight is 2090 g/mol. The molecule has 7 fully saturated rings. The maximum absolute atomic E-state index is 13.6. The van der Waals surface area contributed by atoms with Crippen molar-refractivity contribution in [3.63, 3.8) is 0 Å². The number of unbranched alkanes of at least 4 members (excludes halogenated alkanes) is 23. The Labute approximate surface area is 746 Å². The van der Waals surface area contributed by atoms with Gasteiger partial charge < -0.3 is 180 Å². The number of amides is 1. The molecule has 37 atom stereocenters. The van der Waals surface area contributed by atoms with Crippen LogP contribution in [0.15, 0.2) is 12.2 Å². The van der Waals surface area contributed by atoms with Crippen LogP contribution in [0.2, 0.25) is 0 Å². The Hall–Kier alpha value is 0.693. The fourth-order valence-electron chi connectivity index (χ4n) is 15.3. The molecule has 22 N–H and O–H groups in total. The van der Waals surface area contributed by atoms with Crippen LogP contribution in [0, 0.1) is 88.1 Å². The van der Waals surface area contributed by atoms with Gasteiger partial charge in [-0.05, 0) is 33.1 Å². The van der Waals surface area contributed by atoms with Crippen LogP contribution in [0.4, 0.5) is 0 Å². The number of aliphatic hydroxyl groups excluding tert-OH is 19. The van der Waals surface area contributed by atoms with Crippen LogP contribution in [-0.2, 0) is 71.1 Å². The van der Waals surface area contributed by atoms with Crippen LogP contribution in [-0.4, -0.2) is 370 Å². The SMILES string of the molecule is CCCCCCCCCCCCC/C=C/C(O)C(CO[C@@H]1OC(CO)[C@H](O)C(O[C@@H]2OC(CO)[C@H](O[C@@H]3OC(CO)[C@H](O)C(O[C@@H]4OC(CO)[C@@H](O[C@@H]5OC(CO)[C@H](O)C(O)C5O[C@@H]5OC(C)[C@@H](O)C(O)C5O)C(O[C@@H]5OC(C)[C@@H](O)C(O)C5O)C4[NH-])C3O)C(O)C2[NH-])C1O)NC(=O)CCCCCCCCCCCCCCC.[Ac].[Ac]. The number of aliphatic hydroxyl groups is 19. The molecule has 39 heteroatoms. The average Bonchev–Trinajstić information content (AvgIpc) is 0.764. The fourth-order valence-corrected chi connectivity index (χ4v) is 15.3. The molecule has 0 aromatic heterocycles. The molecule has 7 aliphatic heterocycles. The van der Waals surface area contributed by atoms with E-state index in [0.717, 1.165) is 51.4 Å². The Bertz CT molecular complexity index is 2620. The Morgan fingerprint density at radius 3 is 1.18 bits per heavy atom. The first-order valence-corrected chi connectivity index (χ1v) is 41.3. The zero-order chi connectivity index (χ0) is 82.6. The van der Waals surface area contributed by atoms with E-state index in [9.17, 15) is 108 Å². The van der Waals surface area contributed by atoms with E-state index in [0.29, 0.717) is 12.8 Å². The van der Waals surface area contributed by atoms with E-state index in [4.69, 9.17) is 72.0 Å². The zero-order valence-electron chi connectivity index (χ0n) is 66.9. The molecule has 0 spiro atoms. The first-order chi connectivity index (χ1) is 54.2. The minimum absolute atomic E-state index is 0. The van der Waals surface area contributed by atoms with Crippen molar-refractivity contribution in [3.05, 3.63) is 23.6 Å². The van der Waals surface area contributed by atoms with Crippen molar-refractivity contribution in [3.8, 4) is 0 Å². The summed E-state index contributed by atoms with van der Waals surface area (Å²) in [5, 5.41) is 214. The molecule has 1 amide bonds. The second-order valence-corrected chi connectivity index (χ2v) is 31.3. The van der Waals surface area contributed by atoms with E-state index in [-0.39, 0.29) is 100 Å². The Morgan fingerprint density at radius 1 is 0.357 bits per heavy atom. The molecule has 0 aliphatic carbocycles. The van der Waals surface area contributed by atoms with Gasteiger partial charge in [0.25, 0.3) is 0 Å². The van der Waals surface area contributed by atoms with Crippen molar-refractivity contribution in [2.24, 2.45) is 0 Å². The third kappa shape index (κ3) is 30.7. The molecular formula is C76H137Ac2N3O34-2. The number of hydrogen-bond acceptors (Lipinski definition) is 34. The van der Waals surface area contributed by atoms with Gasteiger partial charge in [0.1, 0.15) is 147 Å². The van der Waals surface area contributed by atoms with Gasteiger partial charge >= 0.3 is 0 Å². The van der Waals surface area contributed by atoms with Gasteiger partial charge in [-0.1, -0.05) is 179 Å². The topological polar surface area (TPSA) is 590 Å². The molecule has 7 saturated heterocycles. The van der Waals surface area contributed by atoms with E-state index in [1.54, 1.807) is 6.08 Å². The number of carbonyl (C=O) groups is 1. The molecule has 2 radical (unpaired) electrons. The molecule has 37 nitrogen and oxygen atoms in total. The smallest absolute Gasteiger partial charge is 0.220 e. The predicted octanol–water partition coefficient (Wildman–Crippen LogP) is -1.49. The zero-order valence-corrected chi connectivity index (χ0v) is 76.4.